The van der Waals surface area contributed by atoms with Crippen LogP contribution in [0, 0.1) is 26.7 Å². The van der Waals surface area contributed by atoms with Crippen molar-refractivity contribution in [1.82, 2.24) is 20.5 Å². The number of rotatable bonds is 7. The van der Waals surface area contributed by atoms with Crippen LogP contribution >= 0.6 is 24.0 Å². The zero-order valence-corrected chi connectivity index (χ0v) is 21.9. The average molecular weight is 540 g/mol. The quantitative estimate of drug-likeness (QED) is 0.310. The molecule has 1 aromatic heterocycles. The first-order valence-electron chi connectivity index (χ1n) is 11.1. The zero-order valence-electron chi connectivity index (χ0n) is 19.6. The highest BCUT2D eigenvalue weighted by molar-refractivity contribution is 14.0. The lowest BCUT2D eigenvalue weighted by molar-refractivity contribution is 0.164. The first-order valence-corrected chi connectivity index (χ1v) is 11.1. The second-order valence-electron chi connectivity index (χ2n) is 8.62. The van der Waals surface area contributed by atoms with Crippen molar-refractivity contribution in [3.05, 3.63) is 52.7 Å². The summed E-state index contributed by atoms with van der Waals surface area (Å²) in [5.74, 6) is 3.77. The van der Waals surface area contributed by atoms with Gasteiger partial charge in [0.1, 0.15) is 5.76 Å². The van der Waals surface area contributed by atoms with Crippen molar-refractivity contribution in [2.45, 2.75) is 53.0 Å². The second kappa shape index (κ2) is 12.4. The average Bonchev–Trinajstić information content (AvgIpc) is 3.05. The van der Waals surface area contributed by atoms with Gasteiger partial charge in [-0.1, -0.05) is 36.8 Å². The number of halogens is 1. The summed E-state index contributed by atoms with van der Waals surface area (Å²) >= 11 is 0. The fraction of sp³-hybridized carbons (Fsp3) is 0.583. The molecule has 2 heterocycles. The molecule has 0 aliphatic carbocycles. The minimum absolute atomic E-state index is 0. The zero-order chi connectivity index (χ0) is 21.5. The lowest BCUT2D eigenvalue weighted by Gasteiger charge is -2.31. The number of hydrogen-bond acceptors (Lipinski definition) is 4. The molecule has 1 unspecified atom stereocenters. The molecule has 0 spiro atoms. The monoisotopic (exact) mass is 539 g/mol. The normalized spacial score (nSPS) is 16.6. The van der Waals surface area contributed by atoms with Crippen LogP contribution in [0.25, 0.3) is 0 Å². The highest BCUT2D eigenvalue weighted by Gasteiger charge is 2.21. The third kappa shape index (κ3) is 7.79. The third-order valence-corrected chi connectivity index (χ3v) is 6.11. The number of piperidine rings is 1. The predicted molar refractivity (Wildman–Crippen MR) is 138 cm³/mol. The molecule has 0 saturated carbocycles. The molecule has 172 valence electrons. The van der Waals surface area contributed by atoms with E-state index in [1.807, 2.05) is 20.9 Å². The van der Waals surface area contributed by atoms with Crippen LogP contribution < -0.4 is 10.6 Å². The lowest BCUT2D eigenvalue weighted by atomic mass is 9.97. The standard InChI is InChI=1S/C24H37N5O.HI/c1-17-7-6-8-22(13-17)18(2)14-26-24(25-5)27-15-21-9-11-29(12-10-21)16-23-28-19(3)20(4)30-23;/h6-8,13,18,21H,9-12,14-16H2,1-5H3,(H2,25,26,27);1H. The van der Waals surface area contributed by atoms with Crippen LogP contribution in [0.4, 0.5) is 0 Å². The molecule has 2 aromatic rings. The van der Waals surface area contributed by atoms with Crippen molar-refractivity contribution in [2.75, 3.05) is 33.2 Å². The van der Waals surface area contributed by atoms with E-state index in [1.165, 1.54) is 24.0 Å². The molecule has 2 N–H and O–H groups in total. The fourth-order valence-electron chi connectivity index (χ4n) is 3.95. The molecule has 0 radical (unpaired) electrons. The van der Waals surface area contributed by atoms with E-state index in [-0.39, 0.29) is 24.0 Å². The van der Waals surface area contributed by atoms with Gasteiger partial charge in [0.05, 0.1) is 12.2 Å². The molecule has 1 aromatic carbocycles. The Bertz CT molecular complexity index is 823. The van der Waals surface area contributed by atoms with Crippen LogP contribution in [0.2, 0.25) is 0 Å². The number of guanidine groups is 1. The number of nitrogens with zero attached hydrogens (tertiary/aromatic N) is 3. The Morgan fingerprint density at radius 1 is 1.23 bits per heavy atom. The molecule has 1 aliphatic heterocycles. The summed E-state index contributed by atoms with van der Waals surface area (Å²) in [6.07, 6.45) is 2.37. The molecule has 1 fully saturated rings. The second-order valence-corrected chi connectivity index (χ2v) is 8.62. The van der Waals surface area contributed by atoms with Gasteiger partial charge in [-0.3, -0.25) is 9.89 Å². The number of likely N-dealkylation sites (tertiary alicyclic amines) is 1. The molecular weight excluding hydrogens is 501 g/mol. The van der Waals surface area contributed by atoms with Crippen molar-refractivity contribution < 1.29 is 4.42 Å². The number of benzene rings is 1. The minimum atomic E-state index is 0. The van der Waals surface area contributed by atoms with Crippen LogP contribution in [0.15, 0.2) is 33.7 Å². The SMILES string of the molecule is CN=C(NCC1CCN(Cc2nc(C)c(C)o2)CC1)NCC(C)c1cccc(C)c1.I. The largest absolute Gasteiger partial charge is 0.444 e. The number of aromatic nitrogens is 1. The first kappa shape index (κ1) is 25.6. The van der Waals surface area contributed by atoms with Gasteiger partial charge in [0.15, 0.2) is 5.96 Å². The fourth-order valence-corrected chi connectivity index (χ4v) is 3.95. The van der Waals surface area contributed by atoms with Gasteiger partial charge in [-0.15, -0.1) is 24.0 Å². The summed E-state index contributed by atoms with van der Waals surface area (Å²) in [5.41, 5.74) is 3.67. The van der Waals surface area contributed by atoms with E-state index in [0.717, 1.165) is 56.0 Å². The molecule has 0 bridgehead atoms. The van der Waals surface area contributed by atoms with E-state index in [9.17, 15) is 0 Å². The number of oxazole rings is 1. The molecule has 7 heteroatoms. The van der Waals surface area contributed by atoms with Crippen LogP contribution in [0.1, 0.15) is 54.2 Å². The molecular formula is C24H38IN5O. The van der Waals surface area contributed by atoms with Gasteiger partial charge in [0.2, 0.25) is 5.89 Å². The Hall–Kier alpha value is -1.61. The van der Waals surface area contributed by atoms with Crippen molar-refractivity contribution in [1.29, 1.82) is 0 Å². The van der Waals surface area contributed by atoms with Gasteiger partial charge in [0.25, 0.3) is 0 Å². The summed E-state index contributed by atoms with van der Waals surface area (Å²) in [4.78, 5) is 11.4. The van der Waals surface area contributed by atoms with E-state index in [1.54, 1.807) is 0 Å². The highest BCUT2D eigenvalue weighted by Crippen LogP contribution is 2.19. The van der Waals surface area contributed by atoms with Gasteiger partial charge in [-0.2, -0.15) is 0 Å². The van der Waals surface area contributed by atoms with Gasteiger partial charge < -0.3 is 15.1 Å². The summed E-state index contributed by atoms with van der Waals surface area (Å²) < 4.78 is 5.73. The molecule has 1 atom stereocenters. The Labute approximate surface area is 204 Å². The number of nitrogens with one attached hydrogen (secondary N) is 2. The summed E-state index contributed by atoms with van der Waals surface area (Å²) in [6.45, 7) is 13.2. The maximum Gasteiger partial charge on any atom is 0.208 e. The van der Waals surface area contributed by atoms with E-state index >= 15 is 0 Å². The van der Waals surface area contributed by atoms with Crippen LogP contribution in [-0.2, 0) is 6.54 Å². The van der Waals surface area contributed by atoms with E-state index in [4.69, 9.17) is 4.42 Å². The van der Waals surface area contributed by atoms with Crippen molar-refractivity contribution >= 4 is 29.9 Å². The topological polar surface area (TPSA) is 65.7 Å². The van der Waals surface area contributed by atoms with Gasteiger partial charge in [0, 0.05) is 20.1 Å². The van der Waals surface area contributed by atoms with Crippen molar-refractivity contribution in [3.8, 4) is 0 Å². The number of hydrogen-bond donors (Lipinski definition) is 2. The van der Waals surface area contributed by atoms with Gasteiger partial charge in [-0.25, -0.2) is 4.98 Å². The summed E-state index contributed by atoms with van der Waals surface area (Å²) in [6, 6.07) is 8.73. The smallest absolute Gasteiger partial charge is 0.208 e. The Morgan fingerprint density at radius 3 is 2.58 bits per heavy atom. The Balaban J connectivity index is 0.00000341. The molecule has 1 saturated heterocycles. The van der Waals surface area contributed by atoms with Gasteiger partial charge in [-0.05, 0) is 64.1 Å². The van der Waals surface area contributed by atoms with Crippen LogP contribution in [-0.4, -0.2) is 49.1 Å². The van der Waals surface area contributed by atoms with E-state index in [2.05, 4.69) is 63.6 Å². The molecule has 6 nitrogen and oxygen atoms in total. The van der Waals surface area contributed by atoms with Gasteiger partial charge >= 0.3 is 0 Å². The van der Waals surface area contributed by atoms with Crippen LogP contribution in [0.3, 0.4) is 0 Å². The molecule has 1 aliphatic rings. The first-order chi connectivity index (χ1) is 14.4. The summed E-state index contributed by atoms with van der Waals surface area (Å²) in [5, 5.41) is 7.01. The molecule has 0 amide bonds. The highest BCUT2D eigenvalue weighted by atomic mass is 127. The van der Waals surface area contributed by atoms with Crippen molar-refractivity contribution in [2.24, 2.45) is 10.9 Å². The molecule has 3 rings (SSSR count). The lowest BCUT2D eigenvalue weighted by Crippen LogP contribution is -2.43. The van der Waals surface area contributed by atoms with E-state index < -0.39 is 0 Å². The van der Waals surface area contributed by atoms with Crippen LogP contribution in [0.5, 0.6) is 0 Å². The van der Waals surface area contributed by atoms with Crippen molar-refractivity contribution in [3.63, 3.8) is 0 Å². The third-order valence-electron chi connectivity index (χ3n) is 6.11. The maximum atomic E-state index is 5.73. The number of aryl methyl sites for hydroxylation is 3. The Kier molecular flexibility index (Phi) is 10.3. The molecule has 31 heavy (non-hydrogen) atoms. The maximum absolute atomic E-state index is 5.73. The van der Waals surface area contributed by atoms with E-state index in [0.29, 0.717) is 11.8 Å². The predicted octanol–water partition coefficient (Wildman–Crippen LogP) is 4.40. The minimum Gasteiger partial charge on any atom is -0.444 e. The summed E-state index contributed by atoms with van der Waals surface area (Å²) in [7, 11) is 1.84. The Morgan fingerprint density at radius 2 is 1.97 bits per heavy atom. The number of aliphatic imine (C=N–C) groups is 1.